The molecule has 3 aromatic heterocycles. The third-order valence-corrected chi connectivity index (χ3v) is 3.76. The fraction of sp³-hybridized carbons (Fsp3) is 0.0556. The van der Waals surface area contributed by atoms with Gasteiger partial charge in [0.1, 0.15) is 11.5 Å². The lowest BCUT2D eigenvalue weighted by molar-refractivity contribution is -0.192. The van der Waals surface area contributed by atoms with Crippen molar-refractivity contribution in [1.29, 1.82) is 0 Å². The molecular formula is C18H13F3N4O2. The molecule has 138 valence electrons. The van der Waals surface area contributed by atoms with E-state index in [4.69, 9.17) is 15.6 Å². The van der Waals surface area contributed by atoms with Crippen LogP contribution in [0.5, 0.6) is 0 Å². The van der Waals surface area contributed by atoms with Crippen LogP contribution in [0, 0.1) is 0 Å². The molecule has 0 unspecified atom stereocenters. The van der Waals surface area contributed by atoms with Gasteiger partial charge < -0.3 is 15.2 Å². The molecule has 0 bridgehead atoms. The van der Waals surface area contributed by atoms with E-state index >= 15 is 0 Å². The number of alkyl halides is 3. The topological polar surface area (TPSA) is 93.5 Å². The maximum absolute atomic E-state index is 10.6. The minimum absolute atomic E-state index is 0.563. The largest absolute Gasteiger partial charge is 0.490 e. The maximum atomic E-state index is 10.6. The average Bonchev–Trinajstić information content (AvgIpc) is 3.09. The number of aromatic nitrogens is 3. The number of nitrogens with zero attached hydrogens (tertiary/aromatic N) is 3. The number of hydrogen-bond acceptors (Lipinski definition) is 4. The predicted molar refractivity (Wildman–Crippen MR) is 94.0 cm³/mol. The molecule has 0 atom stereocenters. The van der Waals surface area contributed by atoms with Gasteiger partial charge in [-0.3, -0.25) is 0 Å². The third kappa shape index (κ3) is 3.97. The zero-order valence-electron chi connectivity index (χ0n) is 13.7. The van der Waals surface area contributed by atoms with Crippen LogP contribution in [0.2, 0.25) is 0 Å². The van der Waals surface area contributed by atoms with Crippen LogP contribution in [0.3, 0.4) is 0 Å². The Morgan fingerprint density at radius 1 is 1.04 bits per heavy atom. The molecule has 3 N–H and O–H groups in total. The van der Waals surface area contributed by atoms with Crippen LogP contribution in [0.25, 0.3) is 27.5 Å². The molecule has 0 fully saturated rings. The standard InChI is InChI=1S/C16H12N4.C2HF3O2/c17-16-14-9-12(2-1-11(14)5-6-19-16)13-3-4-15-18-7-8-20(15)10-13;3-2(4,5)1(6)7/h1-10H,(H2,17,19);(H,6,7). The number of rotatable bonds is 1. The van der Waals surface area contributed by atoms with Crippen molar-refractivity contribution >= 4 is 28.2 Å². The van der Waals surface area contributed by atoms with Gasteiger partial charge in [0, 0.05) is 30.2 Å². The Bertz CT molecular complexity index is 1120. The van der Waals surface area contributed by atoms with Gasteiger partial charge in [0.05, 0.1) is 0 Å². The lowest BCUT2D eigenvalue weighted by Crippen LogP contribution is -2.21. The molecule has 4 aromatic rings. The molecule has 3 heterocycles. The van der Waals surface area contributed by atoms with E-state index < -0.39 is 12.1 Å². The van der Waals surface area contributed by atoms with Crippen molar-refractivity contribution in [2.75, 3.05) is 5.73 Å². The van der Waals surface area contributed by atoms with Crippen molar-refractivity contribution in [2.24, 2.45) is 0 Å². The Hall–Kier alpha value is -3.62. The summed E-state index contributed by atoms with van der Waals surface area (Å²) < 4.78 is 33.7. The summed E-state index contributed by atoms with van der Waals surface area (Å²) in [6.45, 7) is 0. The zero-order valence-corrected chi connectivity index (χ0v) is 13.7. The lowest BCUT2D eigenvalue weighted by atomic mass is 10.0. The highest BCUT2D eigenvalue weighted by molar-refractivity contribution is 5.94. The Labute approximate surface area is 150 Å². The van der Waals surface area contributed by atoms with Gasteiger partial charge in [0.25, 0.3) is 0 Å². The number of imidazole rings is 1. The normalized spacial score (nSPS) is 11.2. The number of aliphatic carboxylic acids is 1. The van der Waals surface area contributed by atoms with Gasteiger partial charge in [-0.2, -0.15) is 13.2 Å². The molecule has 0 saturated carbocycles. The summed E-state index contributed by atoms with van der Waals surface area (Å²) in [6, 6.07) is 12.3. The Kier molecular flexibility index (Phi) is 4.68. The average molecular weight is 374 g/mol. The summed E-state index contributed by atoms with van der Waals surface area (Å²) in [5, 5.41) is 9.21. The molecule has 0 aliphatic carbocycles. The number of carbonyl (C=O) groups is 1. The summed E-state index contributed by atoms with van der Waals surface area (Å²) in [4.78, 5) is 17.3. The number of fused-ring (bicyclic) bond motifs is 2. The van der Waals surface area contributed by atoms with Crippen LogP contribution >= 0.6 is 0 Å². The SMILES string of the molecule is Nc1nccc2ccc(-c3ccc4nccn4c3)cc12.O=C(O)C(F)(F)F. The van der Waals surface area contributed by atoms with Gasteiger partial charge in [-0.1, -0.05) is 12.1 Å². The molecule has 27 heavy (non-hydrogen) atoms. The van der Waals surface area contributed by atoms with Gasteiger partial charge in [-0.05, 0) is 40.8 Å². The van der Waals surface area contributed by atoms with E-state index in [1.807, 2.05) is 22.7 Å². The fourth-order valence-electron chi connectivity index (χ4n) is 2.46. The Morgan fingerprint density at radius 2 is 1.74 bits per heavy atom. The molecule has 0 amide bonds. The second-order valence-electron chi connectivity index (χ2n) is 5.55. The molecule has 0 aliphatic heterocycles. The van der Waals surface area contributed by atoms with Gasteiger partial charge in [-0.15, -0.1) is 0 Å². The first-order valence-electron chi connectivity index (χ1n) is 7.63. The highest BCUT2D eigenvalue weighted by atomic mass is 19.4. The van der Waals surface area contributed by atoms with Crippen LogP contribution in [-0.4, -0.2) is 31.6 Å². The highest BCUT2D eigenvalue weighted by Gasteiger charge is 2.38. The number of carboxylic acid groups (broad SMARTS) is 1. The van der Waals surface area contributed by atoms with E-state index in [2.05, 4.69) is 40.4 Å². The number of benzene rings is 1. The van der Waals surface area contributed by atoms with Gasteiger partial charge in [-0.25, -0.2) is 14.8 Å². The number of carboxylic acids is 1. The number of anilines is 1. The van der Waals surface area contributed by atoms with Crippen molar-refractivity contribution in [1.82, 2.24) is 14.4 Å². The fourth-order valence-corrected chi connectivity index (χ4v) is 2.46. The molecule has 0 spiro atoms. The molecule has 0 saturated heterocycles. The Balaban J connectivity index is 0.000000260. The Morgan fingerprint density at radius 3 is 2.44 bits per heavy atom. The van der Waals surface area contributed by atoms with Crippen molar-refractivity contribution < 1.29 is 23.1 Å². The van der Waals surface area contributed by atoms with Crippen molar-refractivity contribution in [2.45, 2.75) is 6.18 Å². The smallest absolute Gasteiger partial charge is 0.475 e. The van der Waals surface area contributed by atoms with Crippen LogP contribution in [0.4, 0.5) is 19.0 Å². The molecule has 1 aromatic carbocycles. The molecule has 9 heteroatoms. The number of halogens is 3. The maximum Gasteiger partial charge on any atom is 0.490 e. The second-order valence-corrected chi connectivity index (χ2v) is 5.55. The number of hydrogen-bond donors (Lipinski definition) is 2. The van der Waals surface area contributed by atoms with Gasteiger partial charge in [0.15, 0.2) is 0 Å². The minimum atomic E-state index is -5.08. The van der Waals surface area contributed by atoms with Gasteiger partial charge >= 0.3 is 12.1 Å². The van der Waals surface area contributed by atoms with Crippen molar-refractivity contribution in [3.8, 4) is 11.1 Å². The van der Waals surface area contributed by atoms with Crippen LogP contribution < -0.4 is 5.73 Å². The molecular weight excluding hydrogens is 361 g/mol. The third-order valence-electron chi connectivity index (χ3n) is 3.76. The molecule has 0 aliphatic rings. The number of nitrogen functional groups attached to an aromatic ring is 1. The molecule has 6 nitrogen and oxygen atoms in total. The van der Waals surface area contributed by atoms with E-state index in [9.17, 15) is 13.2 Å². The lowest BCUT2D eigenvalue weighted by Gasteiger charge is -2.06. The van der Waals surface area contributed by atoms with Crippen LogP contribution in [-0.2, 0) is 4.79 Å². The zero-order chi connectivity index (χ0) is 19.6. The van der Waals surface area contributed by atoms with Gasteiger partial charge in [0.2, 0.25) is 0 Å². The summed E-state index contributed by atoms with van der Waals surface area (Å²) in [6.07, 6.45) is 2.45. The summed E-state index contributed by atoms with van der Waals surface area (Å²) in [5.41, 5.74) is 9.14. The summed E-state index contributed by atoms with van der Waals surface area (Å²) in [7, 11) is 0. The van der Waals surface area contributed by atoms with Crippen molar-refractivity contribution in [3.63, 3.8) is 0 Å². The highest BCUT2D eigenvalue weighted by Crippen LogP contribution is 2.26. The van der Waals surface area contributed by atoms with E-state index in [0.29, 0.717) is 5.82 Å². The predicted octanol–water partition coefficient (Wildman–Crippen LogP) is 3.77. The second kappa shape index (κ2) is 6.94. The first kappa shape index (κ1) is 18.2. The molecule has 4 rings (SSSR count). The van der Waals surface area contributed by atoms with Crippen LogP contribution in [0.15, 0.2) is 61.2 Å². The monoisotopic (exact) mass is 374 g/mol. The van der Waals surface area contributed by atoms with E-state index in [0.717, 1.165) is 27.5 Å². The number of nitrogens with two attached hydrogens (primary N) is 1. The van der Waals surface area contributed by atoms with E-state index in [1.165, 1.54) is 0 Å². The first-order chi connectivity index (χ1) is 12.8. The summed E-state index contributed by atoms with van der Waals surface area (Å²) >= 11 is 0. The molecule has 0 radical (unpaired) electrons. The quantitative estimate of drug-likeness (QED) is 0.529. The van der Waals surface area contributed by atoms with E-state index in [-0.39, 0.29) is 0 Å². The number of pyridine rings is 2. The van der Waals surface area contributed by atoms with Crippen LogP contribution in [0.1, 0.15) is 0 Å². The van der Waals surface area contributed by atoms with E-state index in [1.54, 1.807) is 12.4 Å². The minimum Gasteiger partial charge on any atom is -0.475 e. The first-order valence-corrected chi connectivity index (χ1v) is 7.63. The summed E-state index contributed by atoms with van der Waals surface area (Å²) in [5.74, 6) is -2.19. The van der Waals surface area contributed by atoms with Crippen molar-refractivity contribution in [3.05, 3.63) is 61.2 Å².